The minimum Gasteiger partial charge on any atom is -0.458 e. The first-order valence-corrected chi connectivity index (χ1v) is 11.8. The Kier molecular flexibility index (Phi) is 5.03. The van der Waals surface area contributed by atoms with Crippen molar-refractivity contribution in [1.82, 2.24) is 0 Å². The van der Waals surface area contributed by atoms with Gasteiger partial charge in [-0.05, 0) is 38.7 Å². The zero-order chi connectivity index (χ0) is 25.0. The van der Waals surface area contributed by atoms with Crippen LogP contribution in [0.3, 0.4) is 0 Å². The van der Waals surface area contributed by atoms with Gasteiger partial charge in [0, 0.05) is 34.7 Å². The van der Waals surface area contributed by atoms with Gasteiger partial charge in [0.15, 0.2) is 11.6 Å². The zero-order valence-corrected chi connectivity index (χ0v) is 20.0. The lowest BCUT2D eigenvalue weighted by molar-refractivity contribution is -0.344. The van der Waals surface area contributed by atoms with Crippen molar-refractivity contribution in [1.29, 1.82) is 0 Å². The Balaban J connectivity index is 1.79. The molecule has 9 nitrogen and oxygen atoms in total. The molecule has 3 aliphatic carbocycles. The molecule has 9 heteroatoms. The van der Waals surface area contributed by atoms with Crippen molar-refractivity contribution in [3.63, 3.8) is 0 Å². The Bertz CT molecular complexity index is 1030. The van der Waals surface area contributed by atoms with Crippen molar-refractivity contribution in [2.75, 3.05) is 6.61 Å². The zero-order valence-electron chi connectivity index (χ0n) is 20.0. The number of aliphatic hydroxyl groups is 3. The molecule has 11 unspecified atom stereocenters. The molecule has 2 bridgehead atoms. The van der Waals surface area contributed by atoms with Gasteiger partial charge in [-0.2, -0.15) is 0 Å². The molecule has 2 saturated carbocycles. The summed E-state index contributed by atoms with van der Waals surface area (Å²) in [6, 6.07) is 0. The SMILES string of the molecule is C/C=C(\C)C(=O)OC1C2C(C)=CC(=O)C(O)C2(C)C2C3(O)OCC24C(CC(=O)OC14)C(C)C3O. The van der Waals surface area contributed by atoms with Crippen molar-refractivity contribution >= 4 is 17.7 Å². The van der Waals surface area contributed by atoms with E-state index in [-0.39, 0.29) is 13.0 Å². The highest BCUT2D eigenvalue weighted by atomic mass is 16.7. The van der Waals surface area contributed by atoms with E-state index < -0.39 is 82.4 Å². The maximum absolute atomic E-state index is 13.0. The normalized spacial score (nSPS) is 51.8. The van der Waals surface area contributed by atoms with E-state index in [0.717, 1.165) is 0 Å². The monoisotopic (exact) mass is 476 g/mol. The number of ketones is 1. The Morgan fingerprint density at radius 3 is 2.62 bits per heavy atom. The number of fused-ring (bicyclic) bond motifs is 1. The van der Waals surface area contributed by atoms with E-state index in [4.69, 9.17) is 14.2 Å². The Labute approximate surface area is 197 Å². The van der Waals surface area contributed by atoms with Gasteiger partial charge in [0.05, 0.1) is 6.61 Å². The van der Waals surface area contributed by atoms with Crippen LogP contribution in [0.4, 0.5) is 0 Å². The minimum atomic E-state index is -2.07. The molecule has 0 aromatic rings. The number of esters is 2. The van der Waals surface area contributed by atoms with E-state index in [2.05, 4.69) is 0 Å². The summed E-state index contributed by atoms with van der Waals surface area (Å²) < 4.78 is 17.8. The lowest BCUT2D eigenvalue weighted by atomic mass is 9.37. The smallest absolute Gasteiger partial charge is 0.333 e. The molecular weight excluding hydrogens is 444 g/mol. The van der Waals surface area contributed by atoms with Crippen LogP contribution < -0.4 is 0 Å². The van der Waals surface area contributed by atoms with E-state index in [0.29, 0.717) is 11.1 Å². The fourth-order valence-electron chi connectivity index (χ4n) is 8.12. The number of carbonyl (C=O) groups is 3. The van der Waals surface area contributed by atoms with E-state index in [9.17, 15) is 29.7 Å². The number of hydrogen-bond acceptors (Lipinski definition) is 9. The van der Waals surface area contributed by atoms with Gasteiger partial charge in [0.1, 0.15) is 24.4 Å². The molecule has 1 spiro atoms. The van der Waals surface area contributed by atoms with Crippen LogP contribution >= 0.6 is 0 Å². The second-order valence-corrected chi connectivity index (χ2v) is 11.0. The molecule has 186 valence electrons. The third kappa shape index (κ3) is 2.56. The van der Waals surface area contributed by atoms with Crippen LogP contribution in [0.25, 0.3) is 0 Å². The van der Waals surface area contributed by atoms with E-state index in [1.165, 1.54) is 6.08 Å². The quantitative estimate of drug-likeness (QED) is 0.387. The molecule has 5 aliphatic rings. The number of ether oxygens (including phenoxy) is 3. The summed E-state index contributed by atoms with van der Waals surface area (Å²) in [6.07, 6.45) is -1.99. The van der Waals surface area contributed by atoms with Gasteiger partial charge < -0.3 is 29.5 Å². The largest absolute Gasteiger partial charge is 0.458 e. The molecule has 11 atom stereocenters. The highest BCUT2D eigenvalue weighted by Crippen LogP contribution is 2.73. The molecule has 5 rings (SSSR count). The molecular formula is C25H32O9. The first-order valence-electron chi connectivity index (χ1n) is 11.8. The summed E-state index contributed by atoms with van der Waals surface area (Å²) in [5.74, 6) is -6.42. The molecule has 34 heavy (non-hydrogen) atoms. The van der Waals surface area contributed by atoms with Crippen LogP contribution in [-0.2, 0) is 28.6 Å². The molecule has 0 amide bonds. The van der Waals surface area contributed by atoms with Crippen LogP contribution in [0.1, 0.15) is 41.0 Å². The molecule has 2 heterocycles. The molecule has 3 N–H and O–H groups in total. The fraction of sp³-hybridized carbons (Fsp3) is 0.720. The molecule has 0 aromatic carbocycles. The number of carbonyl (C=O) groups excluding carboxylic acids is 3. The summed E-state index contributed by atoms with van der Waals surface area (Å²) in [6.45, 7) is 8.37. The van der Waals surface area contributed by atoms with Crippen LogP contribution in [0.5, 0.6) is 0 Å². The van der Waals surface area contributed by atoms with Gasteiger partial charge in [0.2, 0.25) is 0 Å². The van der Waals surface area contributed by atoms with Gasteiger partial charge in [-0.1, -0.05) is 25.5 Å². The first-order chi connectivity index (χ1) is 15.8. The third-order valence-electron chi connectivity index (χ3n) is 9.56. The third-order valence-corrected chi connectivity index (χ3v) is 9.56. The topological polar surface area (TPSA) is 140 Å². The van der Waals surface area contributed by atoms with Crippen LogP contribution in [0.15, 0.2) is 23.3 Å². The lowest BCUT2D eigenvalue weighted by Gasteiger charge is -2.68. The van der Waals surface area contributed by atoms with Crippen molar-refractivity contribution in [2.45, 2.75) is 71.2 Å². The van der Waals surface area contributed by atoms with Crippen molar-refractivity contribution in [3.05, 3.63) is 23.3 Å². The average molecular weight is 477 g/mol. The van der Waals surface area contributed by atoms with Gasteiger partial charge in [-0.3, -0.25) is 9.59 Å². The van der Waals surface area contributed by atoms with Crippen LogP contribution in [0.2, 0.25) is 0 Å². The van der Waals surface area contributed by atoms with Gasteiger partial charge in [-0.15, -0.1) is 0 Å². The summed E-state index contributed by atoms with van der Waals surface area (Å²) >= 11 is 0. The summed E-state index contributed by atoms with van der Waals surface area (Å²) in [7, 11) is 0. The molecule has 2 aliphatic heterocycles. The van der Waals surface area contributed by atoms with E-state index in [1.54, 1.807) is 40.7 Å². The minimum absolute atomic E-state index is 0.0150. The predicted molar refractivity (Wildman–Crippen MR) is 116 cm³/mol. The lowest BCUT2D eigenvalue weighted by Crippen LogP contribution is -2.79. The Morgan fingerprint density at radius 2 is 1.97 bits per heavy atom. The maximum atomic E-state index is 13.0. The highest BCUT2D eigenvalue weighted by molar-refractivity contribution is 5.96. The summed E-state index contributed by atoms with van der Waals surface area (Å²) in [4.78, 5) is 38.7. The van der Waals surface area contributed by atoms with E-state index >= 15 is 0 Å². The number of aliphatic hydroxyl groups excluding tert-OH is 2. The number of hydrogen-bond donors (Lipinski definition) is 3. The number of rotatable bonds is 2. The van der Waals surface area contributed by atoms with Gasteiger partial charge in [-0.25, -0.2) is 4.79 Å². The molecule has 4 fully saturated rings. The average Bonchev–Trinajstić information content (AvgIpc) is 3.08. The van der Waals surface area contributed by atoms with Crippen molar-refractivity contribution in [3.8, 4) is 0 Å². The Morgan fingerprint density at radius 1 is 1.29 bits per heavy atom. The first kappa shape index (κ1) is 23.7. The highest BCUT2D eigenvalue weighted by Gasteiger charge is 2.84. The maximum Gasteiger partial charge on any atom is 0.333 e. The van der Waals surface area contributed by atoms with Crippen LogP contribution in [0, 0.1) is 34.5 Å². The molecule has 2 saturated heterocycles. The predicted octanol–water partition coefficient (Wildman–Crippen LogP) is 0.654. The van der Waals surface area contributed by atoms with E-state index in [1.807, 2.05) is 0 Å². The van der Waals surface area contributed by atoms with Crippen molar-refractivity contribution in [2.24, 2.45) is 34.5 Å². The molecule has 0 radical (unpaired) electrons. The Hall–Kier alpha value is -2.07. The van der Waals surface area contributed by atoms with Crippen molar-refractivity contribution < 1.29 is 43.9 Å². The number of allylic oxidation sites excluding steroid dienone is 1. The van der Waals surface area contributed by atoms with Crippen LogP contribution in [-0.4, -0.2) is 69.9 Å². The van der Waals surface area contributed by atoms with Gasteiger partial charge >= 0.3 is 11.9 Å². The second kappa shape index (κ2) is 7.22. The second-order valence-electron chi connectivity index (χ2n) is 11.0. The summed E-state index contributed by atoms with van der Waals surface area (Å²) in [5, 5.41) is 34.3. The van der Waals surface area contributed by atoms with Gasteiger partial charge in [0.25, 0.3) is 0 Å². The molecule has 0 aromatic heterocycles. The summed E-state index contributed by atoms with van der Waals surface area (Å²) in [5.41, 5.74) is -1.53. The fourth-order valence-corrected chi connectivity index (χ4v) is 8.12. The standard InChI is InChI=1S/C25H32O9/c1-6-10(2)21(30)34-17-16-11(3)7-14(26)19(29)23(16,5)22-24-9-32-25(22,31)18(28)12(4)13(24)8-15(27)33-20(17)24/h6-7,12-13,16-20,22,28-29,31H,8-9H2,1-5H3/b10-6+.